The molecule has 0 aliphatic carbocycles. The lowest BCUT2D eigenvalue weighted by Crippen LogP contribution is -2.48. The van der Waals surface area contributed by atoms with Crippen molar-refractivity contribution in [3.8, 4) is 0 Å². The van der Waals surface area contributed by atoms with Crippen molar-refractivity contribution in [2.45, 2.75) is 59.0 Å². The monoisotopic (exact) mass is 270 g/mol. The van der Waals surface area contributed by atoms with Crippen LogP contribution < -0.4 is 5.32 Å². The summed E-state index contributed by atoms with van der Waals surface area (Å²) in [5, 5.41) is 3.37. The van der Waals surface area contributed by atoms with Crippen LogP contribution in [0.4, 0.5) is 0 Å². The Morgan fingerprint density at radius 3 is 2.68 bits per heavy atom. The Balaban J connectivity index is 2.68. The fourth-order valence-corrected chi connectivity index (χ4v) is 2.57. The van der Waals surface area contributed by atoms with E-state index in [-0.39, 0.29) is 17.9 Å². The SMILES string of the molecule is CCCCN(C(=O)C1COCC1NCC)C(C)CC. The number of carbonyl (C=O) groups excluding carboxylic acids is 1. The number of ether oxygens (including phenoxy) is 1. The number of rotatable bonds is 8. The molecule has 0 saturated carbocycles. The Morgan fingerprint density at radius 2 is 2.11 bits per heavy atom. The van der Waals surface area contributed by atoms with Crippen molar-refractivity contribution in [1.82, 2.24) is 10.2 Å². The van der Waals surface area contributed by atoms with Gasteiger partial charge in [-0.05, 0) is 26.3 Å². The van der Waals surface area contributed by atoms with Crippen LogP contribution in [0.3, 0.4) is 0 Å². The summed E-state index contributed by atoms with van der Waals surface area (Å²) < 4.78 is 5.50. The van der Waals surface area contributed by atoms with Gasteiger partial charge in [-0.2, -0.15) is 0 Å². The van der Waals surface area contributed by atoms with Crippen molar-refractivity contribution in [3.05, 3.63) is 0 Å². The maximum absolute atomic E-state index is 12.7. The Labute approximate surface area is 117 Å². The van der Waals surface area contributed by atoms with Crippen LogP contribution in [-0.2, 0) is 9.53 Å². The van der Waals surface area contributed by atoms with Crippen LogP contribution >= 0.6 is 0 Å². The molecule has 19 heavy (non-hydrogen) atoms. The highest BCUT2D eigenvalue weighted by Gasteiger charge is 2.36. The van der Waals surface area contributed by atoms with Gasteiger partial charge in [-0.3, -0.25) is 4.79 Å². The second-order valence-electron chi connectivity index (χ2n) is 5.45. The fourth-order valence-electron chi connectivity index (χ4n) is 2.57. The minimum absolute atomic E-state index is 0.00851. The molecule has 1 aliphatic heterocycles. The largest absolute Gasteiger partial charge is 0.379 e. The molecular formula is C15H30N2O2. The van der Waals surface area contributed by atoms with Gasteiger partial charge in [-0.1, -0.05) is 27.2 Å². The number of hydrogen-bond donors (Lipinski definition) is 1. The molecule has 4 nitrogen and oxygen atoms in total. The Hall–Kier alpha value is -0.610. The van der Waals surface area contributed by atoms with E-state index < -0.39 is 0 Å². The molecule has 0 aromatic carbocycles. The van der Waals surface area contributed by atoms with Crippen molar-refractivity contribution in [1.29, 1.82) is 0 Å². The number of nitrogens with zero attached hydrogens (tertiary/aromatic N) is 1. The molecular weight excluding hydrogens is 240 g/mol. The summed E-state index contributed by atoms with van der Waals surface area (Å²) in [5.41, 5.74) is 0. The van der Waals surface area contributed by atoms with Crippen LogP contribution in [-0.4, -0.2) is 49.2 Å². The average Bonchev–Trinajstić information content (AvgIpc) is 2.87. The molecule has 1 N–H and O–H groups in total. The highest BCUT2D eigenvalue weighted by atomic mass is 16.5. The first-order valence-corrected chi connectivity index (χ1v) is 7.77. The third-order valence-electron chi connectivity index (χ3n) is 4.02. The highest BCUT2D eigenvalue weighted by Crippen LogP contribution is 2.19. The molecule has 0 spiro atoms. The van der Waals surface area contributed by atoms with E-state index in [0.717, 1.165) is 32.4 Å². The molecule has 1 amide bonds. The molecule has 0 bridgehead atoms. The first-order valence-electron chi connectivity index (χ1n) is 7.77. The van der Waals surface area contributed by atoms with E-state index in [9.17, 15) is 4.79 Å². The minimum atomic E-state index is -0.00851. The van der Waals surface area contributed by atoms with Gasteiger partial charge >= 0.3 is 0 Å². The lowest BCUT2D eigenvalue weighted by atomic mass is 10.00. The maximum atomic E-state index is 12.7. The first kappa shape index (κ1) is 16.4. The van der Waals surface area contributed by atoms with Gasteiger partial charge in [0.05, 0.1) is 19.1 Å². The van der Waals surface area contributed by atoms with Crippen molar-refractivity contribution in [2.24, 2.45) is 5.92 Å². The minimum Gasteiger partial charge on any atom is -0.379 e. The van der Waals surface area contributed by atoms with E-state index in [1.807, 2.05) is 0 Å². The van der Waals surface area contributed by atoms with Crippen LogP contribution in [0.1, 0.15) is 47.0 Å². The summed E-state index contributed by atoms with van der Waals surface area (Å²) in [4.78, 5) is 14.8. The van der Waals surface area contributed by atoms with Gasteiger partial charge in [0, 0.05) is 18.6 Å². The molecule has 3 unspecified atom stereocenters. The molecule has 3 atom stereocenters. The number of unbranched alkanes of at least 4 members (excludes halogenated alkanes) is 1. The summed E-state index contributed by atoms with van der Waals surface area (Å²) in [7, 11) is 0. The van der Waals surface area contributed by atoms with Gasteiger partial charge in [0.15, 0.2) is 0 Å². The Bertz CT molecular complexity index is 271. The molecule has 4 heteroatoms. The molecule has 1 saturated heterocycles. The number of nitrogens with one attached hydrogen (secondary N) is 1. The van der Waals surface area contributed by atoms with Gasteiger partial charge in [0.2, 0.25) is 5.91 Å². The molecule has 1 rings (SSSR count). The Morgan fingerprint density at radius 1 is 1.37 bits per heavy atom. The first-order chi connectivity index (χ1) is 9.15. The average molecular weight is 270 g/mol. The number of likely N-dealkylation sites (N-methyl/N-ethyl adjacent to an activating group) is 1. The molecule has 0 aromatic rings. The van der Waals surface area contributed by atoms with Gasteiger partial charge in [0.25, 0.3) is 0 Å². The van der Waals surface area contributed by atoms with Crippen LogP contribution in [0.2, 0.25) is 0 Å². The van der Waals surface area contributed by atoms with Gasteiger partial charge in [-0.25, -0.2) is 0 Å². The van der Waals surface area contributed by atoms with E-state index in [1.165, 1.54) is 0 Å². The quantitative estimate of drug-likeness (QED) is 0.734. The summed E-state index contributed by atoms with van der Waals surface area (Å²) in [6, 6.07) is 0.507. The summed E-state index contributed by atoms with van der Waals surface area (Å²) in [6.07, 6.45) is 3.21. The maximum Gasteiger partial charge on any atom is 0.229 e. The molecule has 1 heterocycles. The summed E-state index contributed by atoms with van der Waals surface area (Å²) in [5.74, 6) is 0.261. The second kappa shape index (κ2) is 8.54. The molecule has 1 aliphatic rings. The zero-order valence-electron chi connectivity index (χ0n) is 12.9. The Kier molecular flexibility index (Phi) is 7.39. The highest BCUT2D eigenvalue weighted by molar-refractivity contribution is 5.80. The van der Waals surface area contributed by atoms with Gasteiger partial charge < -0.3 is 15.0 Å². The van der Waals surface area contributed by atoms with Crippen LogP contribution in [0.15, 0.2) is 0 Å². The standard InChI is InChI=1S/C15H30N2O2/c1-5-8-9-17(12(4)6-2)15(18)13-10-19-11-14(13)16-7-3/h12-14,16H,5-11H2,1-4H3. The predicted octanol–water partition coefficient (Wildman–Crippen LogP) is 2.04. The van der Waals surface area contributed by atoms with E-state index in [4.69, 9.17) is 4.74 Å². The molecule has 1 fully saturated rings. The summed E-state index contributed by atoms with van der Waals surface area (Å²) in [6.45, 7) is 11.5. The topological polar surface area (TPSA) is 41.6 Å². The zero-order valence-corrected chi connectivity index (χ0v) is 12.9. The van der Waals surface area contributed by atoms with Crippen LogP contribution in [0.5, 0.6) is 0 Å². The molecule has 112 valence electrons. The van der Waals surface area contributed by atoms with Gasteiger partial charge in [0.1, 0.15) is 0 Å². The predicted molar refractivity (Wildman–Crippen MR) is 78.1 cm³/mol. The van der Waals surface area contributed by atoms with Crippen LogP contribution in [0, 0.1) is 5.92 Å². The zero-order chi connectivity index (χ0) is 14.3. The number of carbonyl (C=O) groups is 1. The molecule has 0 aromatic heterocycles. The number of hydrogen-bond acceptors (Lipinski definition) is 3. The third-order valence-corrected chi connectivity index (χ3v) is 4.02. The van der Waals surface area contributed by atoms with E-state index >= 15 is 0 Å². The number of amides is 1. The fraction of sp³-hybridized carbons (Fsp3) is 0.933. The van der Waals surface area contributed by atoms with E-state index in [0.29, 0.717) is 19.3 Å². The van der Waals surface area contributed by atoms with Crippen molar-refractivity contribution < 1.29 is 9.53 Å². The van der Waals surface area contributed by atoms with Crippen LogP contribution in [0.25, 0.3) is 0 Å². The third kappa shape index (κ3) is 4.46. The lowest BCUT2D eigenvalue weighted by molar-refractivity contribution is -0.138. The van der Waals surface area contributed by atoms with Crippen molar-refractivity contribution in [2.75, 3.05) is 26.3 Å². The van der Waals surface area contributed by atoms with Crippen molar-refractivity contribution in [3.63, 3.8) is 0 Å². The van der Waals surface area contributed by atoms with Crippen molar-refractivity contribution >= 4 is 5.91 Å². The van der Waals surface area contributed by atoms with E-state index in [1.54, 1.807) is 0 Å². The molecule has 0 radical (unpaired) electrons. The summed E-state index contributed by atoms with van der Waals surface area (Å²) >= 11 is 0. The second-order valence-corrected chi connectivity index (χ2v) is 5.45. The van der Waals surface area contributed by atoms with E-state index in [2.05, 4.69) is 37.9 Å². The van der Waals surface area contributed by atoms with Gasteiger partial charge in [-0.15, -0.1) is 0 Å². The lowest BCUT2D eigenvalue weighted by Gasteiger charge is -2.32. The smallest absolute Gasteiger partial charge is 0.229 e. The normalized spacial score (nSPS) is 24.4.